The molecule has 3 rings (SSSR count). The van der Waals surface area contributed by atoms with E-state index in [9.17, 15) is 4.21 Å². The molecule has 0 radical (unpaired) electrons. The Morgan fingerprint density at radius 3 is 2.58 bits per heavy atom. The molecule has 0 aliphatic carbocycles. The maximum atomic E-state index is 11.3. The van der Waals surface area contributed by atoms with Crippen LogP contribution in [0.5, 0.6) is 0 Å². The van der Waals surface area contributed by atoms with E-state index in [1.807, 2.05) is 11.6 Å². The first kappa shape index (κ1) is 12.8. The zero-order chi connectivity index (χ0) is 13.1. The van der Waals surface area contributed by atoms with Gasteiger partial charge in [0.15, 0.2) is 0 Å². The van der Waals surface area contributed by atoms with Crippen LogP contribution in [0.4, 0.5) is 5.69 Å². The molecule has 1 fully saturated rings. The number of nitrogens with one attached hydrogen (secondary N) is 1. The van der Waals surface area contributed by atoms with E-state index in [-0.39, 0.29) is 0 Å². The van der Waals surface area contributed by atoms with Crippen molar-refractivity contribution in [2.45, 2.75) is 18.9 Å². The van der Waals surface area contributed by atoms with E-state index in [1.165, 1.54) is 0 Å². The second-order valence-corrected chi connectivity index (χ2v) is 7.27. The van der Waals surface area contributed by atoms with Gasteiger partial charge in [-0.2, -0.15) is 0 Å². The normalized spacial score (nSPS) is 23.2. The highest BCUT2D eigenvalue weighted by atomic mass is 32.2. The van der Waals surface area contributed by atoms with Gasteiger partial charge in [0.25, 0.3) is 0 Å². The molecular formula is C14H16N2OS2. The Balaban J connectivity index is 1.65. The summed E-state index contributed by atoms with van der Waals surface area (Å²) >= 11 is 1.65. The fourth-order valence-electron chi connectivity index (χ4n) is 2.25. The maximum Gasteiger partial charge on any atom is 0.123 e. The Labute approximate surface area is 119 Å². The minimum atomic E-state index is -0.590. The molecule has 1 saturated heterocycles. The average Bonchev–Trinajstić information content (AvgIpc) is 2.96. The Hall–Kier alpha value is -1.20. The summed E-state index contributed by atoms with van der Waals surface area (Å²) in [5.74, 6) is 1.66. The molecule has 0 spiro atoms. The van der Waals surface area contributed by atoms with Gasteiger partial charge in [0.2, 0.25) is 0 Å². The number of anilines is 1. The highest BCUT2D eigenvalue weighted by molar-refractivity contribution is 7.85. The summed E-state index contributed by atoms with van der Waals surface area (Å²) in [4.78, 5) is 4.30. The van der Waals surface area contributed by atoms with Crippen LogP contribution in [0.15, 0.2) is 35.8 Å². The fraction of sp³-hybridized carbons (Fsp3) is 0.357. The molecular weight excluding hydrogens is 276 g/mol. The Morgan fingerprint density at radius 2 is 1.95 bits per heavy atom. The number of thiazole rings is 1. The molecule has 0 bridgehead atoms. The molecule has 0 atom stereocenters. The van der Waals surface area contributed by atoms with Crippen molar-refractivity contribution in [3.05, 3.63) is 35.8 Å². The van der Waals surface area contributed by atoms with Crippen molar-refractivity contribution in [1.82, 2.24) is 4.98 Å². The molecule has 19 heavy (non-hydrogen) atoms. The van der Waals surface area contributed by atoms with Gasteiger partial charge in [0.1, 0.15) is 5.01 Å². The highest BCUT2D eigenvalue weighted by Gasteiger charge is 2.17. The van der Waals surface area contributed by atoms with Crippen molar-refractivity contribution in [2.24, 2.45) is 0 Å². The summed E-state index contributed by atoms with van der Waals surface area (Å²) in [5.41, 5.74) is 2.29. The van der Waals surface area contributed by atoms with Crippen LogP contribution < -0.4 is 5.32 Å². The molecule has 1 N–H and O–H groups in total. The van der Waals surface area contributed by atoms with Gasteiger partial charge >= 0.3 is 0 Å². The van der Waals surface area contributed by atoms with Crippen LogP contribution in [0.1, 0.15) is 12.8 Å². The minimum absolute atomic E-state index is 0.461. The molecule has 100 valence electrons. The number of benzene rings is 1. The van der Waals surface area contributed by atoms with E-state index in [0.717, 1.165) is 40.6 Å². The standard InChI is InChI=1S/C14H16N2OS2/c17-19-9-5-13(6-10-19)16-12-3-1-11(2-4-12)14-15-7-8-18-14/h1-4,7-8,13,16H,5-6,9-10H2. The predicted octanol–water partition coefficient (Wildman–Crippen LogP) is 3.13. The maximum absolute atomic E-state index is 11.3. The van der Waals surface area contributed by atoms with Gasteiger partial charge in [-0.25, -0.2) is 4.98 Å². The van der Waals surface area contributed by atoms with E-state index in [0.29, 0.717) is 6.04 Å². The lowest BCUT2D eigenvalue weighted by atomic mass is 10.1. The van der Waals surface area contributed by atoms with E-state index in [4.69, 9.17) is 0 Å². The lowest BCUT2D eigenvalue weighted by Gasteiger charge is -2.23. The summed E-state index contributed by atoms with van der Waals surface area (Å²) < 4.78 is 11.3. The van der Waals surface area contributed by atoms with Crippen molar-refractivity contribution in [2.75, 3.05) is 16.8 Å². The third kappa shape index (κ3) is 3.22. The number of hydrogen-bond donors (Lipinski definition) is 1. The first-order valence-electron chi connectivity index (χ1n) is 6.43. The molecule has 5 heteroatoms. The van der Waals surface area contributed by atoms with Crippen LogP contribution in [0.3, 0.4) is 0 Å². The molecule has 0 amide bonds. The largest absolute Gasteiger partial charge is 0.382 e. The van der Waals surface area contributed by atoms with Crippen LogP contribution in [-0.4, -0.2) is 26.7 Å². The number of hydrogen-bond acceptors (Lipinski definition) is 4. The molecule has 2 heterocycles. The summed E-state index contributed by atoms with van der Waals surface area (Å²) in [6, 6.07) is 8.86. The second kappa shape index (κ2) is 5.84. The van der Waals surface area contributed by atoms with E-state index >= 15 is 0 Å². The van der Waals surface area contributed by atoms with Crippen molar-refractivity contribution in [3.63, 3.8) is 0 Å². The molecule has 3 nitrogen and oxygen atoms in total. The quantitative estimate of drug-likeness (QED) is 0.945. The van der Waals surface area contributed by atoms with Crippen LogP contribution in [0.2, 0.25) is 0 Å². The molecule has 1 aromatic carbocycles. The molecule has 0 unspecified atom stereocenters. The third-order valence-electron chi connectivity index (χ3n) is 3.32. The molecule has 0 saturated carbocycles. The fourth-order valence-corrected chi connectivity index (χ4v) is 4.19. The van der Waals surface area contributed by atoms with Gasteiger partial charge in [-0.3, -0.25) is 4.21 Å². The summed E-state index contributed by atoms with van der Waals surface area (Å²) in [7, 11) is -0.590. The first-order chi connectivity index (χ1) is 9.31. The smallest absolute Gasteiger partial charge is 0.123 e. The van der Waals surface area contributed by atoms with Crippen molar-refractivity contribution in [3.8, 4) is 10.6 Å². The van der Waals surface area contributed by atoms with E-state index in [1.54, 1.807) is 11.3 Å². The third-order valence-corrected chi connectivity index (χ3v) is 5.53. The van der Waals surface area contributed by atoms with Crippen molar-refractivity contribution < 1.29 is 4.21 Å². The zero-order valence-electron chi connectivity index (χ0n) is 10.5. The number of aromatic nitrogens is 1. The Morgan fingerprint density at radius 1 is 1.21 bits per heavy atom. The average molecular weight is 292 g/mol. The summed E-state index contributed by atoms with van der Waals surface area (Å²) in [6.07, 6.45) is 3.83. The lowest BCUT2D eigenvalue weighted by molar-refractivity contribution is 0.624. The highest BCUT2D eigenvalue weighted by Crippen LogP contribution is 2.24. The van der Waals surface area contributed by atoms with Gasteiger partial charge in [-0.1, -0.05) is 0 Å². The van der Waals surface area contributed by atoms with Crippen LogP contribution in [-0.2, 0) is 10.8 Å². The lowest BCUT2D eigenvalue weighted by Crippen LogP contribution is -2.29. The topological polar surface area (TPSA) is 42.0 Å². The summed E-state index contributed by atoms with van der Waals surface area (Å²) in [6.45, 7) is 0. The van der Waals surface area contributed by atoms with Gasteiger partial charge in [0.05, 0.1) is 0 Å². The van der Waals surface area contributed by atoms with Gasteiger partial charge in [-0.15, -0.1) is 11.3 Å². The SMILES string of the molecule is O=S1CCC(Nc2ccc(-c3nccs3)cc2)CC1. The number of nitrogens with zero attached hydrogens (tertiary/aromatic N) is 1. The monoisotopic (exact) mass is 292 g/mol. The zero-order valence-corrected chi connectivity index (χ0v) is 12.2. The summed E-state index contributed by atoms with van der Waals surface area (Å²) in [5, 5.41) is 6.57. The molecule has 1 aliphatic heterocycles. The molecule has 1 aliphatic rings. The molecule has 1 aromatic heterocycles. The van der Waals surface area contributed by atoms with Gasteiger partial charge in [0, 0.05) is 51.2 Å². The van der Waals surface area contributed by atoms with Gasteiger partial charge < -0.3 is 5.32 Å². The van der Waals surface area contributed by atoms with Crippen LogP contribution in [0, 0.1) is 0 Å². The van der Waals surface area contributed by atoms with Crippen molar-refractivity contribution >= 4 is 27.8 Å². The van der Waals surface area contributed by atoms with E-state index in [2.05, 4.69) is 34.6 Å². The first-order valence-corrected chi connectivity index (χ1v) is 8.79. The van der Waals surface area contributed by atoms with Crippen molar-refractivity contribution in [1.29, 1.82) is 0 Å². The molecule has 2 aromatic rings. The van der Waals surface area contributed by atoms with Gasteiger partial charge in [-0.05, 0) is 37.1 Å². The van der Waals surface area contributed by atoms with Crippen LogP contribution >= 0.6 is 11.3 Å². The predicted molar refractivity (Wildman–Crippen MR) is 82.1 cm³/mol. The Bertz CT molecular complexity index is 541. The second-order valence-electron chi connectivity index (χ2n) is 4.68. The van der Waals surface area contributed by atoms with Crippen LogP contribution in [0.25, 0.3) is 10.6 Å². The van der Waals surface area contributed by atoms with E-state index < -0.39 is 10.8 Å². The number of rotatable bonds is 3. The minimum Gasteiger partial charge on any atom is -0.382 e. The Kier molecular flexibility index (Phi) is 3.94.